The molecule has 0 saturated carbocycles. The molecule has 0 radical (unpaired) electrons. The molecule has 1 heterocycles. The number of anilines is 2. The number of rotatable bonds is 6. The van der Waals surface area contributed by atoms with Crippen LogP contribution in [0.1, 0.15) is 43.5 Å². The average Bonchev–Trinajstić information content (AvgIpc) is 2.73. The minimum atomic E-state index is -0.261. The van der Waals surface area contributed by atoms with E-state index >= 15 is 0 Å². The summed E-state index contributed by atoms with van der Waals surface area (Å²) in [5.74, 6) is 1.23. The van der Waals surface area contributed by atoms with E-state index < -0.39 is 0 Å². The minimum Gasteiger partial charge on any atom is -0.494 e. The van der Waals surface area contributed by atoms with Crippen LogP contribution in [0.15, 0.2) is 48.5 Å². The van der Waals surface area contributed by atoms with Gasteiger partial charge in [-0.2, -0.15) is 0 Å². The molecule has 0 aliphatic carbocycles. The van der Waals surface area contributed by atoms with E-state index in [9.17, 15) is 4.79 Å². The van der Waals surface area contributed by atoms with Gasteiger partial charge in [-0.25, -0.2) is 0 Å². The van der Waals surface area contributed by atoms with Crippen LogP contribution in [0.25, 0.3) is 0 Å². The molecule has 0 bridgehead atoms. The van der Waals surface area contributed by atoms with Crippen LogP contribution in [0, 0.1) is 5.92 Å². The van der Waals surface area contributed by atoms with Gasteiger partial charge in [0.25, 0.3) is 5.91 Å². The summed E-state index contributed by atoms with van der Waals surface area (Å²) in [4.78, 5) is 14.9. The van der Waals surface area contributed by atoms with Crippen LogP contribution in [-0.4, -0.2) is 30.7 Å². The van der Waals surface area contributed by atoms with E-state index in [4.69, 9.17) is 17.0 Å². The molecule has 2 aromatic carbocycles. The van der Waals surface area contributed by atoms with E-state index in [1.54, 1.807) is 18.2 Å². The van der Waals surface area contributed by atoms with Gasteiger partial charge in [-0.3, -0.25) is 10.1 Å². The molecule has 1 amide bonds. The zero-order valence-electron chi connectivity index (χ0n) is 17.1. The van der Waals surface area contributed by atoms with Gasteiger partial charge < -0.3 is 15.0 Å². The van der Waals surface area contributed by atoms with Crippen molar-refractivity contribution in [2.45, 2.75) is 33.1 Å². The van der Waals surface area contributed by atoms with Gasteiger partial charge in [0, 0.05) is 30.0 Å². The summed E-state index contributed by atoms with van der Waals surface area (Å²) < 4.78 is 5.58. The maximum Gasteiger partial charge on any atom is 0.257 e. The Hall–Kier alpha value is -2.60. The monoisotopic (exact) mass is 411 g/mol. The number of nitrogens with zero attached hydrogens (tertiary/aromatic N) is 1. The summed E-state index contributed by atoms with van der Waals surface area (Å²) in [7, 11) is 0. The number of thiocarbonyl (C=S) groups is 1. The van der Waals surface area contributed by atoms with Crippen LogP contribution < -0.4 is 20.3 Å². The van der Waals surface area contributed by atoms with Gasteiger partial charge in [0.1, 0.15) is 5.75 Å². The first-order valence-corrected chi connectivity index (χ1v) is 10.7. The zero-order valence-corrected chi connectivity index (χ0v) is 17.9. The van der Waals surface area contributed by atoms with Crippen molar-refractivity contribution in [1.29, 1.82) is 0 Å². The number of piperidine rings is 1. The number of carbonyl (C=O) groups is 1. The fourth-order valence-electron chi connectivity index (χ4n) is 3.31. The number of carbonyl (C=O) groups excluding carboxylic acids is 1. The van der Waals surface area contributed by atoms with Crippen molar-refractivity contribution in [3.8, 4) is 5.75 Å². The number of ether oxygens (including phenoxy) is 1. The Morgan fingerprint density at radius 1 is 1.17 bits per heavy atom. The third-order valence-electron chi connectivity index (χ3n) is 5.07. The van der Waals surface area contributed by atoms with Crippen molar-refractivity contribution in [2.24, 2.45) is 5.92 Å². The standard InChI is InChI=1S/C23H29N3O2S/c1-3-15-28-21-6-4-5-18(16-21)22(27)25-23(29)24-19-7-9-20(10-8-19)26-13-11-17(2)12-14-26/h4-10,16-17H,3,11-15H2,1-2H3,(H2,24,25,27,29). The number of amides is 1. The Kier molecular flexibility index (Phi) is 7.47. The van der Waals surface area contributed by atoms with Crippen molar-refractivity contribution < 1.29 is 9.53 Å². The molecule has 0 atom stereocenters. The summed E-state index contributed by atoms with van der Waals surface area (Å²) in [6, 6.07) is 15.3. The molecule has 2 aromatic rings. The van der Waals surface area contributed by atoms with Gasteiger partial charge in [-0.05, 0) is 79.9 Å². The topological polar surface area (TPSA) is 53.6 Å². The van der Waals surface area contributed by atoms with Gasteiger partial charge in [0.15, 0.2) is 5.11 Å². The summed E-state index contributed by atoms with van der Waals surface area (Å²) in [5.41, 5.74) is 2.59. The molecule has 1 aliphatic heterocycles. The molecule has 0 aromatic heterocycles. The molecule has 6 heteroatoms. The highest BCUT2D eigenvalue weighted by Crippen LogP contribution is 2.24. The van der Waals surface area contributed by atoms with Crippen LogP contribution in [-0.2, 0) is 0 Å². The summed E-state index contributed by atoms with van der Waals surface area (Å²) in [6.07, 6.45) is 3.39. The van der Waals surface area contributed by atoms with Crippen molar-refractivity contribution in [3.05, 3.63) is 54.1 Å². The average molecular weight is 412 g/mol. The molecule has 154 valence electrons. The molecule has 5 nitrogen and oxygen atoms in total. The highest BCUT2D eigenvalue weighted by Gasteiger charge is 2.16. The lowest BCUT2D eigenvalue weighted by Crippen LogP contribution is -2.34. The first kappa shape index (κ1) is 21.1. The summed E-state index contributed by atoms with van der Waals surface area (Å²) >= 11 is 5.30. The fraction of sp³-hybridized carbons (Fsp3) is 0.391. The van der Waals surface area contributed by atoms with E-state index in [1.807, 2.05) is 25.1 Å². The van der Waals surface area contributed by atoms with Gasteiger partial charge >= 0.3 is 0 Å². The van der Waals surface area contributed by atoms with Gasteiger partial charge in [-0.1, -0.05) is 19.9 Å². The van der Waals surface area contributed by atoms with Gasteiger partial charge in [0.05, 0.1) is 6.61 Å². The van der Waals surface area contributed by atoms with Gasteiger partial charge in [-0.15, -0.1) is 0 Å². The smallest absolute Gasteiger partial charge is 0.257 e. The number of hydrogen-bond donors (Lipinski definition) is 2. The van der Waals surface area contributed by atoms with Gasteiger partial charge in [0.2, 0.25) is 0 Å². The zero-order chi connectivity index (χ0) is 20.6. The van der Waals surface area contributed by atoms with Crippen LogP contribution in [0.4, 0.5) is 11.4 Å². The third kappa shape index (κ3) is 6.19. The molecule has 1 fully saturated rings. The van der Waals surface area contributed by atoms with E-state index in [1.165, 1.54) is 18.5 Å². The number of benzene rings is 2. The first-order chi connectivity index (χ1) is 14.0. The van der Waals surface area contributed by atoms with Crippen molar-refractivity contribution in [3.63, 3.8) is 0 Å². The summed E-state index contributed by atoms with van der Waals surface area (Å²) in [5, 5.41) is 6.08. The van der Waals surface area contributed by atoms with E-state index in [-0.39, 0.29) is 11.0 Å². The molecule has 3 rings (SSSR count). The minimum absolute atomic E-state index is 0.261. The summed E-state index contributed by atoms with van der Waals surface area (Å²) in [6.45, 7) is 7.18. The Balaban J connectivity index is 1.53. The molecular formula is C23H29N3O2S. The van der Waals surface area contributed by atoms with Crippen LogP contribution >= 0.6 is 12.2 Å². The fourth-order valence-corrected chi connectivity index (χ4v) is 3.52. The highest BCUT2D eigenvalue weighted by atomic mass is 32.1. The Labute approximate surface area is 178 Å². The SMILES string of the molecule is CCCOc1cccc(C(=O)NC(=S)Nc2ccc(N3CCC(C)CC3)cc2)c1. The molecule has 0 unspecified atom stereocenters. The van der Waals surface area contributed by atoms with E-state index in [0.29, 0.717) is 17.9 Å². The quantitative estimate of drug-likeness (QED) is 0.666. The Morgan fingerprint density at radius 2 is 1.90 bits per heavy atom. The maximum absolute atomic E-state index is 12.5. The molecule has 1 aliphatic rings. The largest absolute Gasteiger partial charge is 0.494 e. The highest BCUT2D eigenvalue weighted by molar-refractivity contribution is 7.80. The molecular weight excluding hydrogens is 382 g/mol. The Morgan fingerprint density at radius 3 is 2.59 bits per heavy atom. The van der Waals surface area contributed by atoms with Crippen molar-refractivity contribution in [1.82, 2.24) is 5.32 Å². The first-order valence-electron chi connectivity index (χ1n) is 10.3. The number of hydrogen-bond acceptors (Lipinski definition) is 4. The van der Waals surface area contributed by atoms with Crippen LogP contribution in [0.2, 0.25) is 0 Å². The molecule has 2 N–H and O–H groups in total. The van der Waals surface area contributed by atoms with Crippen molar-refractivity contribution >= 4 is 34.6 Å². The van der Waals surface area contributed by atoms with E-state index in [2.05, 4.69) is 34.6 Å². The lowest BCUT2D eigenvalue weighted by atomic mass is 9.99. The van der Waals surface area contributed by atoms with Crippen LogP contribution in [0.5, 0.6) is 5.75 Å². The second kappa shape index (κ2) is 10.3. The second-order valence-electron chi connectivity index (χ2n) is 7.50. The third-order valence-corrected chi connectivity index (χ3v) is 5.27. The molecule has 29 heavy (non-hydrogen) atoms. The lowest BCUT2D eigenvalue weighted by molar-refractivity contribution is 0.0977. The number of nitrogens with one attached hydrogen (secondary N) is 2. The van der Waals surface area contributed by atoms with Crippen molar-refractivity contribution in [2.75, 3.05) is 29.9 Å². The maximum atomic E-state index is 12.5. The molecule has 0 spiro atoms. The Bertz CT molecular complexity index is 830. The molecule has 1 saturated heterocycles. The van der Waals surface area contributed by atoms with E-state index in [0.717, 1.165) is 31.1 Å². The predicted octanol–water partition coefficient (Wildman–Crippen LogP) is 4.84. The van der Waals surface area contributed by atoms with Crippen LogP contribution in [0.3, 0.4) is 0 Å². The lowest BCUT2D eigenvalue weighted by Gasteiger charge is -2.32. The predicted molar refractivity (Wildman–Crippen MR) is 123 cm³/mol. The second-order valence-corrected chi connectivity index (χ2v) is 7.91. The normalized spacial score (nSPS) is 14.3.